The third kappa shape index (κ3) is 5.28. The van der Waals surface area contributed by atoms with Gasteiger partial charge >= 0.3 is 0 Å². The molecular weight excluding hydrogens is 200 g/mol. The van der Waals surface area contributed by atoms with Gasteiger partial charge in [0.2, 0.25) is 0 Å². The molecule has 1 N–H and O–H groups in total. The van der Waals surface area contributed by atoms with Gasteiger partial charge in [0.15, 0.2) is 0 Å². The average Bonchev–Trinajstić information content (AvgIpc) is 2.26. The summed E-state index contributed by atoms with van der Waals surface area (Å²) < 4.78 is 5.28. The van der Waals surface area contributed by atoms with E-state index in [0.29, 0.717) is 0 Å². The molecule has 2 unspecified atom stereocenters. The first-order chi connectivity index (χ1) is 7.74. The molecule has 1 heterocycles. The maximum Gasteiger partial charge on any atom is 0.0590 e. The van der Waals surface area contributed by atoms with Crippen LogP contribution in [0.4, 0.5) is 0 Å². The zero-order valence-electron chi connectivity index (χ0n) is 11.2. The number of ether oxygens (including phenoxy) is 1. The van der Waals surface area contributed by atoms with Gasteiger partial charge < -0.3 is 10.1 Å². The minimum atomic E-state index is 0.762. The lowest BCUT2D eigenvalue weighted by Crippen LogP contribution is -2.43. The van der Waals surface area contributed by atoms with Gasteiger partial charge in [0.25, 0.3) is 0 Å². The molecule has 0 radical (unpaired) electrons. The summed E-state index contributed by atoms with van der Waals surface area (Å²) in [6, 6.07) is 0.762. The Labute approximate surface area is 101 Å². The van der Waals surface area contributed by atoms with Crippen LogP contribution in [0.3, 0.4) is 0 Å². The smallest absolute Gasteiger partial charge is 0.0590 e. The number of nitrogens with one attached hydrogen (secondary N) is 1. The Kier molecular flexibility index (Phi) is 7.01. The van der Waals surface area contributed by atoms with Crippen LogP contribution in [0.25, 0.3) is 0 Å². The van der Waals surface area contributed by atoms with E-state index in [1.807, 2.05) is 6.92 Å². The normalized spacial score (nSPS) is 27.2. The van der Waals surface area contributed by atoms with Crippen molar-refractivity contribution in [1.29, 1.82) is 0 Å². The molecule has 0 aromatic rings. The Hall–Kier alpha value is -0.120. The first kappa shape index (κ1) is 13.9. The quantitative estimate of drug-likeness (QED) is 0.672. The fraction of sp³-hybridized carbons (Fsp3) is 1.00. The standard InChI is InChI=1S/C13H28N2O/c1-4-16-10-7-14-6-9-15-8-5-12(2)11-13(15)3/h12-14H,4-11H2,1-3H3. The maximum atomic E-state index is 5.28. The van der Waals surface area contributed by atoms with E-state index in [9.17, 15) is 0 Å². The molecule has 1 aliphatic heterocycles. The summed E-state index contributed by atoms with van der Waals surface area (Å²) in [6.07, 6.45) is 2.72. The van der Waals surface area contributed by atoms with Crippen molar-refractivity contribution >= 4 is 0 Å². The van der Waals surface area contributed by atoms with Crippen molar-refractivity contribution in [2.45, 2.75) is 39.7 Å². The second-order valence-electron chi connectivity index (χ2n) is 4.96. The van der Waals surface area contributed by atoms with Crippen LogP contribution in [0.15, 0.2) is 0 Å². The molecule has 2 atom stereocenters. The van der Waals surface area contributed by atoms with E-state index < -0.39 is 0 Å². The highest BCUT2D eigenvalue weighted by molar-refractivity contribution is 4.77. The lowest BCUT2D eigenvalue weighted by Gasteiger charge is -2.36. The van der Waals surface area contributed by atoms with Gasteiger partial charge in [0.1, 0.15) is 0 Å². The van der Waals surface area contributed by atoms with E-state index in [2.05, 4.69) is 24.1 Å². The van der Waals surface area contributed by atoms with E-state index in [0.717, 1.165) is 38.3 Å². The fourth-order valence-electron chi connectivity index (χ4n) is 2.42. The number of piperidine rings is 1. The van der Waals surface area contributed by atoms with Crippen LogP contribution in [-0.4, -0.2) is 50.3 Å². The predicted molar refractivity (Wildman–Crippen MR) is 68.8 cm³/mol. The van der Waals surface area contributed by atoms with Crippen LogP contribution < -0.4 is 5.32 Å². The fourth-order valence-corrected chi connectivity index (χ4v) is 2.42. The number of hydrogen-bond acceptors (Lipinski definition) is 3. The van der Waals surface area contributed by atoms with Crippen LogP contribution in [-0.2, 0) is 4.74 Å². The lowest BCUT2D eigenvalue weighted by molar-refractivity contribution is 0.125. The Balaban J connectivity index is 2.00. The summed E-state index contributed by atoms with van der Waals surface area (Å²) in [6.45, 7) is 12.9. The molecule has 0 bridgehead atoms. The van der Waals surface area contributed by atoms with Gasteiger partial charge in [-0.2, -0.15) is 0 Å². The zero-order chi connectivity index (χ0) is 11.8. The van der Waals surface area contributed by atoms with E-state index in [1.54, 1.807) is 0 Å². The summed E-state index contributed by atoms with van der Waals surface area (Å²) in [5.74, 6) is 0.914. The van der Waals surface area contributed by atoms with Crippen LogP contribution in [0.1, 0.15) is 33.6 Å². The SMILES string of the molecule is CCOCCNCCN1CCC(C)CC1C. The van der Waals surface area contributed by atoms with Crippen molar-refractivity contribution in [1.82, 2.24) is 10.2 Å². The minimum absolute atomic E-state index is 0.762. The molecule has 1 fully saturated rings. The van der Waals surface area contributed by atoms with Crippen molar-refractivity contribution in [2.75, 3.05) is 39.4 Å². The summed E-state index contributed by atoms with van der Waals surface area (Å²) in [5.41, 5.74) is 0. The maximum absolute atomic E-state index is 5.28. The molecule has 1 saturated heterocycles. The number of nitrogens with zero attached hydrogens (tertiary/aromatic N) is 1. The van der Waals surface area contributed by atoms with Crippen LogP contribution >= 0.6 is 0 Å². The van der Waals surface area contributed by atoms with Crippen LogP contribution in [0.2, 0.25) is 0 Å². The van der Waals surface area contributed by atoms with Crippen molar-refractivity contribution in [3.05, 3.63) is 0 Å². The number of rotatable bonds is 7. The molecule has 0 aromatic carbocycles. The molecule has 1 rings (SSSR count). The number of likely N-dealkylation sites (tertiary alicyclic amines) is 1. The van der Waals surface area contributed by atoms with Gasteiger partial charge in [-0.1, -0.05) is 6.92 Å². The summed E-state index contributed by atoms with van der Waals surface area (Å²) in [7, 11) is 0. The van der Waals surface area contributed by atoms with Gasteiger partial charge in [0, 0.05) is 32.3 Å². The first-order valence-corrected chi connectivity index (χ1v) is 6.76. The number of hydrogen-bond donors (Lipinski definition) is 1. The molecular formula is C13H28N2O. The minimum Gasteiger partial charge on any atom is -0.380 e. The molecule has 0 aliphatic carbocycles. The largest absolute Gasteiger partial charge is 0.380 e. The Morgan fingerprint density at radius 3 is 2.81 bits per heavy atom. The van der Waals surface area contributed by atoms with Gasteiger partial charge in [-0.3, -0.25) is 4.90 Å². The Morgan fingerprint density at radius 2 is 2.12 bits per heavy atom. The molecule has 0 saturated carbocycles. The lowest BCUT2D eigenvalue weighted by atomic mass is 9.93. The molecule has 96 valence electrons. The highest BCUT2D eigenvalue weighted by Gasteiger charge is 2.21. The average molecular weight is 228 g/mol. The zero-order valence-corrected chi connectivity index (χ0v) is 11.2. The van der Waals surface area contributed by atoms with Crippen molar-refractivity contribution < 1.29 is 4.74 Å². The van der Waals surface area contributed by atoms with E-state index in [-0.39, 0.29) is 0 Å². The van der Waals surface area contributed by atoms with Crippen molar-refractivity contribution in [2.24, 2.45) is 5.92 Å². The second kappa shape index (κ2) is 8.04. The second-order valence-corrected chi connectivity index (χ2v) is 4.96. The highest BCUT2D eigenvalue weighted by atomic mass is 16.5. The van der Waals surface area contributed by atoms with Gasteiger partial charge in [0.05, 0.1) is 6.61 Å². The topological polar surface area (TPSA) is 24.5 Å². The predicted octanol–water partition coefficient (Wildman–Crippen LogP) is 1.73. The van der Waals surface area contributed by atoms with Gasteiger partial charge in [-0.15, -0.1) is 0 Å². The molecule has 0 amide bonds. The molecule has 3 heteroatoms. The summed E-state index contributed by atoms with van der Waals surface area (Å²) in [4.78, 5) is 2.60. The molecule has 0 aromatic heterocycles. The molecule has 1 aliphatic rings. The van der Waals surface area contributed by atoms with Gasteiger partial charge in [-0.25, -0.2) is 0 Å². The van der Waals surface area contributed by atoms with E-state index in [1.165, 1.54) is 25.9 Å². The molecule has 0 spiro atoms. The summed E-state index contributed by atoms with van der Waals surface area (Å²) in [5, 5.41) is 3.43. The molecule has 16 heavy (non-hydrogen) atoms. The van der Waals surface area contributed by atoms with E-state index >= 15 is 0 Å². The monoisotopic (exact) mass is 228 g/mol. The van der Waals surface area contributed by atoms with Crippen molar-refractivity contribution in [3.8, 4) is 0 Å². The third-order valence-electron chi connectivity index (χ3n) is 3.48. The van der Waals surface area contributed by atoms with Gasteiger partial charge in [-0.05, 0) is 39.2 Å². The Bertz CT molecular complexity index is 175. The highest BCUT2D eigenvalue weighted by Crippen LogP contribution is 2.21. The van der Waals surface area contributed by atoms with E-state index in [4.69, 9.17) is 4.74 Å². The first-order valence-electron chi connectivity index (χ1n) is 6.76. The Morgan fingerprint density at radius 1 is 1.31 bits per heavy atom. The third-order valence-corrected chi connectivity index (χ3v) is 3.48. The summed E-state index contributed by atoms with van der Waals surface area (Å²) >= 11 is 0. The van der Waals surface area contributed by atoms with Crippen molar-refractivity contribution in [3.63, 3.8) is 0 Å². The van der Waals surface area contributed by atoms with Crippen LogP contribution in [0, 0.1) is 5.92 Å². The van der Waals surface area contributed by atoms with Crippen LogP contribution in [0.5, 0.6) is 0 Å². The molecule has 3 nitrogen and oxygen atoms in total.